The summed E-state index contributed by atoms with van der Waals surface area (Å²) in [5, 5.41) is 4.86. The van der Waals surface area contributed by atoms with E-state index in [1.165, 1.54) is 11.3 Å². The van der Waals surface area contributed by atoms with Crippen LogP contribution in [0.25, 0.3) is 20.8 Å². The Kier molecular flexibility index (Phi) is 7.97. The Bertz CT molecular complexity index is 1380. The fourth-order valence-electron chi connectivity index (χ4n) is 4.19. The van der Waals surface area contributed by atoms with Crippen molar-refractivity contribution in [2.45, 2.75) is 31.2 Å². The van der Waals surface area contributed by atoms with Crippen LogP contribution in [-0.4, -0.2) is 47.9 Å². The van der Waals surface area contributed by atoms with Crippen molar-refractivity contribution in [1.29, 1.82) is 0 Å². The number of methoxy groups -OCH3 is 1. The molecule has 37 heavy (non-hydrogen) atoms. The topological polar surface area (TPSA) is 80.8 Å². The summed E-state index contributed by atoms with van der Waals surface area (Å²) >= 11 is 4.80. The Hall–Kier alpha value is -3.08. The summed E-state index contributed by atoms with van der Waals surface area (Å²) in [4.78, 5) is 34.1. The summed E-state index contributed by atoms with van der Waals surface area (Å²) in [6.45, 7) is 3.20. The molecule has 0 aliphatic carbocycles. The van der Waals surface area contributed by atoms with Gasteiger partial charge in [-0.2, -0.15) is 0 Å². The molecule has 1 aliphatic rings. The van der Waals surface area contributed by atoms with Gasteiger partial charge in [-0.05, 0) is 55.3 Å². The number of carbonyl (C=O) groups excluding carboxylic acids is 2. The molecule has 1 N–H and O–H groups in total. The van der Waals surface area contributed by atoms with E-state index in [4.69, 9.17) is 14.5 Å². The van der Waals surface area contributed by atoms with Crippen LogP contribution in [-0.2, 0) is 22.5 Å². The second-order valence-corrected chi connectivity index (χ2v) is 11.7. The first-order valence-corrected chi connectivity index (χ1v) is 14.7. The number of para-hydroxylation sites is 1. The van der Waals surface area contributed by atoms with E-state index in [2.05, 4.69) is 11.4 Å². The van der Waals surface area contributed by atoms with Crippen LogP contribution in [0.5, 0.6) is 5.75 Å². The molecule has 10 heteroatoms. The van der Waals surface area contributed by atoms with Gasteiger partial charge >= 0.3 is 6.09 Å². The Balaban J connectivity index is 1.36. The van der Waals surface area contributed by atoms with Gasteiger partial charge in [0.15, 0.2) is 0 Å². The number of benzene rings is 2. The molecule has 1 aliphatic heterocycles. The largest absolute Gasteiger partial charge is 0.497 e. The van der Waals surface area contributed by atoms with Gasteiger partial charge in [0, 0.05) is 34.1 Å². The van der Waals surface area contributed by atoms with Gasteiger partial charge < -0.3 is 19.7 Å². The molecule has 2 amide bonds. The van der Waals surface area contributed by atoms with Crippen LogP contribution in [0.2, 0.25) is 0 Å². The molecule has 0 bridgehead atoms. The lowest BCUT2D eigenvalue weighted by atomic mass is 10.0. The number of hydrogen-bond acceptors (Lipinski definition) is 8. The van der Waals surface area contributed by atoms with Crippen LogP contribution >= 0.6 is 34.4 Å². The van der Waals surface area contributed by atoms with Crippen LogP contribution in [0.15, 0.2) is 53.4 Å². The predicted molar refractivity (Wildman–Crippen MR) is 151 cm³/mol. The molecule has 0 fully saturated rings. The number of thioether (sulfide) groups is 1. The van der Waals surface area contributed by atoms with E-state index in [1.54, 1.807) is 35.1 Å². The van der Waals surface area contributed by atoms with Gasteiger partial charge in [-0.25, -0.2) is 9.78 Å². The average molecular weight is 554 g/mol. The van der Waals surface area contributed by atoms with Gasteiger partial charge in [-0.15, -0.1) is 34.4 Å². The third kappa shape index (κ3) is 5.76. The number of hydrogen-bond donors (Lipinski definition) is 1. The van der Waals surface area contributed by atoms with Crippen molar-refractivity contribution in [3.63, 3.8) is 0 Å². The van der Waals surface area contributed by atoms with E-state index in [-0.39, 0.29) is 12.0 Å². The zero-order chi connectivity index (χ0) is 25.8. The van der Waals surface area contributed by atoms with Crippen LogP contribution < -0.4 is 10.1 Å². The molecular weight excluding hydrogens is 527 g/mol. The Morgan fingerprint density at radius 1 is 1.14 bits per heavy atom. The minimum absolute atomic E-state index is 0.0378. The van der Waals surface area contributed by atoms with Crippen molar-refractivity contribution in [1.82, 2.24) is 9.88 Å². The maximum absolute atomic E-state index is 13.0. The molecule has 2 aromatic carbocycles. The summed E-state index contributed by atoms with van der Waals surface area (Å²) in [6, 6.07) is 15.9. The summed E-state index contributed by atoms with van der Waals surface area (Å²) < 4.78 is 11.5. The molecule has 0 unspecified atom stereocenters. The third-order valence-electron chi connectivity index (χ3n) is 6.00. The molecule has 3 heterocycles. The number of carbonyl (C=O) groups is 2. The summed E-state index contributed by atoms with van der Waals surface area (Å²) in [6.07, 6.45) is 0.774. The normalized spacial score (nSPS) is 12.9. The molecule has 7 nitrogen and oxygen atoms in total. The Labute approximate surface area is 227 Å². The number of nitrogens with one attached hydrogen (secondary N) is 1. The molecule has 0 radical (unpaired) electrons. The number of rotatable bonds is 8. The van der Waals surface area contributed by atoms with E-state index in [1.807, 2.05) is 49.4 Å². The second kappa shape index (κ2) is 11.5. The summed E-state index contributed by atoms with van der Waals surface area (Å²) in [7, 11) is 1.64. The van der Waals surface area contributed by atoms with Crippen LogP contribution in [0.3, 0.4) is 0 Å². The van der Waals surface area contributed by atoms with E-state index in [0.717, 1.165) is 46.9 Å². The number of ether oxygens (including phenoxy) is 2. The lowest BCUT2D eigenvalue weighted by Gasteiger charge is -2.26. The molecule has 2 aromatic heterocycles. The van der Waals surface area contributed by atoms with Gasteiger partial charge in [0.2, 0.25) is 5.91 Å². The molecule has 5 rings (SSSR count). The highest BCUT2D eigenvalue weighted by atomic mass is 32.2. The minimum atomic E-state index is -0.302. The zero-order valence-electron chi connectivity index (χ0n) is 20.6. The standard InChI is InChI=1S/C27H27N3O4S3/c1-3-34-27(32)30-14-12-19-22(16-30)37-26(24(19)25-28-20-6-4-5-7-21(20)36-25)29-23(31)13-15-35-18-10-8-17(33-2)9-11-18/h4-11H,3,12-16H2,1-2H3,(H,29,31). The van der Waals surface area contributed by atoms with E-state index in [9.17, 15) is 9.59 Å². The number of aromatic nitrogens is 1. The van der Waals surface area contributed by atoms with Crippen molar-refractivity contribution in [2.24, 2.45) is 0 Å². The second-order valence-electron chi connectivity index (χ2n) is 8.39. The first-order chi connectivity index (χ1) is 18.1. The lowest BCUT2D eigenvalue weighted by molar-refractivity contribution is -0.115. The quantitative estimate of drug-likeness (QED) is 0.246. The smallest absolute Gasteiger partial charge is 0.410 e. The molecule has 0 saturated carbocycles. The lowest BCUT2D eigenvalue weighted by Crippen LogP contribution is -2.35. The highest BCUT2D eigenvalue weighted by molar-refractivity contribution is 7.99. The molecule has 0 saturated heterocycles. The van der Waals surface area contributed by atoms with Crippen LogP contribution in [0, 0.1) is 0 Å². The Morgan fingerprint density at radius 3 is 2.70 bits per heavy atom. The maximum Gasteiger partial charge on any atom is 0.410 e. The monoisotopic (exact) mass is 553 g/mol. The maximum atomic E-state index is 13.0. The number of thiazole rings is 1. The van der Waals surface area contributed by atoms with Crippen molar-refractivity contribution >= 4 is 61.7 Å². The van der Waals surface area contributed by atoms with Crippen molar-refractivity contribution in [3.05, 3.63) is 59.0 Å². The molecule has 0 atom stereocenters. The van der Waals surface area contributed by atoms with Gasteiger partial charge in [0.1, 0.15) is 15.8 Å². The highest BCUT2D eigenvalue weighted by Gasteiger charge is 2.30. The zero-order valence-corrected chi connectivity index (χ0v) is 23.1. The first kappa shape index (κ1) is 25.6. The van der Waals surface area contributed by atoms with Gasteiger partial charge in [0.25, 0.3) is 0 Å². The third-order valence-corrected chi connectivity index (χ3v) is 9.20. The number of nitrogens with zero attached hydrogens (tertiary/aromatic N) is 2. The van der Waals surface area contributed by atoms with Crippen molar-refractivity contribution in [2.75, 3.05) is 31.3 Å². The minimum Gasteiger partial charge on any atom is -0.497 e. The van der Waals surface area contributed by atoms with Crippen molar-refractivity contribution in [3.8, 4) is 16.3 Å². The van der Waals surface area contributed by atoms with E-state index >= 15 is 0 Å². The van der Waals surface area contributed by atoms with Gasteiger partial charge in [-0.1, -0.05) is 12.1 Å². The van der Waals surface area contributed by atoms with E-state index < -0.39 is 0 Å². The van der Waals surface area contributed by atoms with Crippen molar-refractivity contribution < 1.29 is 19.1 Å². The van der Waals surface area contributed by atoms with E-state index in [0.29, 0.717) is 38.3 Å². The average Bonchev–Trinajstić information content (AvgIpc) is 3.49. The number of amides is 2. The summed E-state index contributed by atoms with van der Waals surface area (Å²) in [5.41, 5.74) is 3.09. The fourth-order valence-corrected chi connectivity index (χ4v) is 7.43. The van der Waals surface area contributed by atoms with Crippen LogP contribution in [0.4, 0.5) is 9.80 Å². The van der Waals surface area contributed by atoms with Crippen LogP contribution in [0.1, 0.15) is 23.8 Å². The number of thiophene rings is 1. The van der Waals surface area contributed by atoms with Gasteiger partial charge in [0.05, 0.1) is 30.5 Å². The summed E-state index contributed by atoms with van der Waals surface area (Å²) in [5.74, 6) is 1.44. The SMILES string of the molecule is CCOC(=O)N1CCc2c(sc(NC(=O)CCSc3ccc(OC)cc3)c2-c2nc3ccccc3s2)C1. The van der Waals surface area contributed by atoms with Gasteiger partial charge in [-0.3, -0.25) is 4.79 Å². The molecular formula is C27H27N3O4S3. The number of anilines is 1. The molecule has 0 spiro atoms. The number of fused-ring (bicyclic) bond motifs is 2. The first-order valence-electron chi connectivity index (χ1n) is 12.0. The fraction of sp³-hybridized carbons (Fsp3) is 0.296. The Morgan fingerprint density at radius 2 is 1.95 bits per heavy atom. The predicted octanol–water partition coefficient (Wildman–Crippen LogP) is 6.67. The molecule has 192 valence electrons. The molecule has 4 aromatic rings. The highest BCUT2D eigenvalue weighted by Crippen LogP contribution is 2.45.